The number of hydrogen-bond donors (Lipinski definition) is 2. The molecule has 2 rings (SSSR count). The van der Waals surface area contributed by atoms with Gasteiger partial charge in [-0.3, -0.25) is 14.6 Å². The van der Waals surface area contributed by atoms with Crippen molar-refractivity contribution >= 4 is 27.8 Å². The van der Waals surface area contributed by atoms with Crippen molar-refractivity contribution in [3.05, 3.63) is 28.5 Å². The summed E-state index contributed by atoms with van der Waals surface area (Å²) >= 11 is 3.24. The summed E-state index contributed by atoms with van der Waals surface area (Å²) in [6.45, 7) is 0. The Hall–Kier alpha value is -1.43. The van der Waals surface area contributed by atoms with Crippen molar-refractivity contribution in [2.24, 2.45) is 5.92 Å². The molecule has 0 saturated heterocycles. The van der Waals surface area contributed by atoms with Crippen LogP contribution in [0.15, 0.2) is 22.9 Å². The lowest BCUT2D eigenvalue weighted by molar-refractivity contribution is -0.142. The number of hydrogen-bond acceptors (Lipinski definition) is 3. The van der Waals surface area contributed by atoms with E-state index in [0.29, 0.717) is 18.4 Å². The summed E-state index contributed by atoms with van der Waals surface area (Å²) < 4.78 is 0.719. The maximum absolute atomic E-state index is 12.0. The number of carbonyl (C=O) groups excluding carboxylic acids is 1. The lowest BCUT2D eigenvalue weighted by atomic mass is 10.0. The highest BCUT2D eigenvalue weighted by molar-refractivity contribution is 9.10. The average molecular weight is 313 g/mol. The standard InChI is InChI=1S/C12H13BrN2O3/c13-8-4-7(5-14-6-8)11(16)15-10-3-1-2-9(10)12(17)18/h4-6,9-10H,1-3H2,(H,15,16)(H,17,18)/t9-,10+/m1/s1. The number of aliphatic carboxylic acids is 1. The van der Waals surface area contributed by atoms with Crippen LogP contribution in [0.25, 0.3) is 0 Å². The minimum Gasteiger partial charge on any atom is -0.481 e. The summed E-state index contributed by atoms with van der Waals surface area (Å²) in [5.41, 5.74) is 0.431. The van der Waals surface area contributed by atoms with E-state index in [0.717, 1.165) is 10.9 Å². The maximum Gasteiger partial charge on any atom is 0.308 e. The molecule has 2 N–H and O–H groups in total. The van der Waals surface area contributed by atoms with E-state index < -0.39 is 11.9 Å². The van der Waals surface area contributed by atoms with E-state index in [1.165, 1.54) is 6.20 Å². The summed E-state index contributed by atoms with van der Waals surface area (Å²) in [5, 5.41) is 11.8. The molecule has 0 aliphatic heterocycles. The molecule has 1 aromatic heterocycles. The van der Waals surface area contributed by atoms with Gasteiger partial charge in [-0.25, -0.2) is 0 Å². The van der Waals surface area contributed by atoms with Crippen molar-refractivity contribution in [1.29, 1.82) is 0 Å². The molecular weight excluding hydrogens is 300 g/mol. The Kier molecular flexibility index (Phi) is 3.96. The zero-order valence-electron chi connectivity index (χ0n) is 9.60. The van der Waals surface area contributed by atoms with Gasteiger partial charge < -0.3 is 10.4 Å². The molecule has 96 valence electrons. The molecule has 0 unspecified atom stereocenters. The van der Waals surface area contributed by atoms with Crippen LogP contribution in [-0.2, 0) is 4.79 Å². The lowest BCUT2D eigenvalue weighted by Gasteiger charge is -2.17. The predicted molar refractivity (Wildman–Crippen MR) is 68.2 cm³/mol. The molecule has 1 aliphatic rings. The smallest absolute Gasteiger partial charge is 0.308 e. The molecule has 1 aliphatic carbocycles. The SMILES string of the molecule is O=C(N[C@H]1CCC[C@H]1C(=O)O)c1cncc(Br)c1. The third-order valence-corrected chi connectivity index (χ3v) is 3.55. The number of carboxylic acids is 1. The van der Waals surface area contributed by atoms with E-state index in [1.54, 1.807) is 12.3 Å². The average Bonchev–Trinajstić information content (AvgIpc) is 2.77. The van der Waals surface area contributed by atoms with Crippen molar-refractivity contribution in [1.82, 2.24) is 10.3 Å². The van der Waals surface area contributed by atoms with Crippen molar-refractivity contribution in [2.45, 2.75) is 25.3 Å². The first-order chi connectivity index (χ1) is 8.58. The van der Waals surface area contributed by atoms with Crippen molar-refractivity contribution in [3.63, 3.8) is 0 Å². The summed E-state index contributed by atoms with van der Waals surface area (Å²) in [6.07, 6.45) is 5.22. The molecule has 1 fully saturated rings. The fourth-order valence-corrected chi connectivity index (χ4v) is 2.58. The second-order valence-corrected chi connectivity index (χ2v) is 5.26. The van der Waals surface area contributed by atoms with Crippen LogP contribution in [0.1, 0.15) is 29.6 Å². The Morgan fingerprint density at radius 2 is 2.17 bits per heavy atom. The van der Waals surface area contributed by atoms with E-state index in [2.05, 4.69) is 26.2 Å². The van der Waals surface area contributed by atoms with Crippen LogP contribution in [0.4, 0.5) is 0 Å². The summed E-state index contributed by atoms with van der Waals surface area (Å²) in [7, 11) is 0. The molecule has 18 heavy (non-hydrogen) atoms. The molecule has 1 saturated carbocycles. The van der Waals surface area contributed by atoms with Gasteiger partial charge in [0.25, 0.3) is 5.91 Å². The van der Waals surface area contributed by atoms with Crippen LogP contribution in [-0.4, -0.2) is 28.0 Å². The summed E-state index contributed by atoms with van der Waals surface area (Å²) in [5.74, 6) is -1.60. The largest absolute Gasteiger partial charge is 0.481 e. The van der Waals surface area contributed by atoms with Gasteiger partial charge in [0.05, 0.1) is 11.5 Å². The van der Waals surface area contributed by atoms with Crippen LogP contribution in [0, 0.1) is 5.92 Å². The zero-order valence-corrected chi connectivity index (χ0v) is 11.2. The van der Waals surface area contributed by atoms with Gasteiger partial charge in [-0.1, -0.05) is 6.42 Å². The third kappa shape index (κ3) is 2.87. The van der Waals surface area contributed by atoms with Crippen molar-refractivity contribution in [3.8, 4) is 0 Å². The Balaban J connectivity index is 2.05. The highest BCUT2D eigenvalue weighted by Crippen LogP contribution is 2.26. The van der Waals surface area contributed by atoms with Crippen LogP contribution in [0.3, 0.4) is 0 Å². The van der Waals surface area contributed by atoms with E-state index in [1.807, 2.05) is 0 Å². The van der Waals surface area contributed by atoms with E-state index >= 15 is 0 Å². The van der Waals surface area contributed by atoms with Crippen LogP contribution in [0.5, 0.6) is 0 Å². The molecule has 2 atom stereocenters. The molecule has 5 nitrogen and oxygen atoms in total. The molecule has 0 bridgehead atoms. The van der Waals surface area contributed by atoms with Gasteiger partial charge in [0.1, 0.15) is 0 Å². The van der Waals surface area contributed by atoms with Gasteiger partial charge in [-0.15, -0.1) is 0 Å². The predicted octanol–water partition coefficient (Wildman–Crippen LogP) is 1.83. The molecule has 1 heterocycles. The fraction of sp³-hybridized carbons (Fsp3) is 0.417. The maximum atomic E-state index is 12.0. The summed E-state index contributed by atoms with van der Waals surface area (Å²) in [6, 6.07) is 1.38. The number of nitrogens with zero attached hydrogens (tertiary/aromatic N) is 1. The van der Waals surface area contributed by atoms with Gasteiger partial charge in [-0.05, 0) is 34.8 Å². The molecule has 6 heteroatoms. The Bertz CT molecular complexity index is 478. The Morgan fingerprint density at radius 3 is 2.83 bits per heavy atom. The van der Waals surface area contributed by atoms with Crippen molar-refractivity contribution in [2.75, 3.05) is 0 Å². The topological polar surface area (TPSA) is 79.3 Å². The van der Waals surface area contributed by atoms with Gasteiger partial charge in [-0.2, -0.15) is 0 Å². The Labute approximate surface area is 113 Å². The first-order valence-electron chi connectivity index (χ1n) is 5.72. The zero-order chi connectivity index (χ0) is 13.1. The molecule has 1 aromatic rings. The highest BCUT2D eigenvalue weighted by Gasteiger charge is 2.33. The third-order valence-electron chi connectivity index (χ3n) is 3.12. The van der Waals surface area contributed by atoms with E-state index in [9.17, 15) is 9.59 Å². The first-order valence-corrected chi connectivity index (χ1v) is 6.51. The molecule has 0 aromatic carbocycles. The molecule has 1 amide bonds. The van der Waals surface area contributed by atoms with Crippen molar-refractivity contribution < 1.29 is 14.7 Å². The van der Waals surface area contributed by atoms with Gasteiger partial charge >= 0.3 is 5.97 Å². The molecule has 0 spiro atoms. The second kappa shape index (κ2) is 5.48. The number of nitrogens with one attached hydrogen (secondary N) is 1. The van der Waals surface area contributed by atoms with Gasteiger partial charge in [0.2, 0.25) is 0 Å². The quantitative estimate of drug-likeness (QED) is 0.892. The minimum absolute atomic E-state index is 0.276. The number of halogens is 1. The van der Waals surface area contributed by atoms with Crippen LogP contribution >= 0.6 is 15.9 Å². The number of rotatable bonds is 3. The van der Waals surface area contributed by atoms with E-state index in [-0.39, 0.29) is 11.9 Å². The van der Waals surface area contributed by atoms with Gasteiger partial charge in [0.15, 0.2) is 0 Å². The van der Waals surface area contributed by atoms with Crippen LogP contribution < -0.4 is 5.32 Å². The Morgan fingerprint density at radius 1 is 1.39 bits per heavy atom. The number of carbonyl (C=O) groups is 2. The normalized spacial score (nSPS) is 22.7. The summed E-state index contributed by atoms with van der Waals surface area (Å²) in [4.78, 5) is 26.9. The lowest BCUT2D eigenvalue weighted by Crippen LogP contribution is -2.40. The number of aromatic nitrogens is 1. The van der Waals surface area contributed by atoms with Crippen LogP contribution in [0.2, 0.25) is 0 Å². The monoisotopic (exact) mass is 312 g/mol. The first kappa shape index (κ1) is 13.0. The molecular formula is C12H13BrN2O3. The number of amides is 1. The van der Waals surface area contributed by atoms with Gasteiger partial charge in [0, 0.05) is 22.9 Å². The fourth-order valence-electron chi connectivity index (χ4n) is 2.22. The number of carboxylic acid groups (broad SMARTS) is 1. The van der Waals surface area contributed by atoms with E-state index in [4.69, 9.17) is 5.11 Å². The minimum atomic E-state index is -0.842. The highest BCUT2D eigenvalue weighted by atomic mass is 79.9. The molecule has 0 radical (unpaired) electrons. The number of pyridine rings is 1. The second-order valence-electron chi connectivity index (χ2n) is 4.35.